The van der Waals surface area contributed by atoms with Crippen molar-refractivity contribution in [2.24, 2.45) is 17.3 Å². The number of halogens is 1. The summed E-state index contributed by atoms with van der Waals surface area (Å²) in [5.41, 5.74) is 31.0. The molecule has 1 aliphatic heterocycles. The zero-order valence-electron chi connectivity index (χ0n) is 39.8. The summed E-state index contributed by atoms with van der Waals surface area (Å²) >= 11 is 0. The summed E-state index contributed by atoms with van der Waals surface area (Å²) in [6.07, 6.45) is 12.3. The summed E-state index contributed by atoms with van der Waals surface area (Å²) in [5, 5.41) is 3.41. The molecule has 17 heteroatoms. The topological polar surface area (TPSA) is 241 Å². The molecule has 6 aromatic rings. The number of nitrogens with zero attached hydrogens (tertiary/aromatic N) is 4. The number of benzene rings is 3. The summed E-state index contributed by atoms with van der Waals surface area (Å²) in [4.78, 5) is 40.5. The van der Waals surface area contributed by atoms with Crippen molar-refractivity contribution in [3.63, 3.8) is 0 Å². The summed E-state index contributed by atoms with van der Waals surface area (Å²) < 4.78 is 21.5. The Morgan fingerprint density at radius 2 is 1.16 bits per heavy atom. The third-order valence-electron chi connectivity index (χ3n) is 12.8. The van der Waals surface area contributed by atoms with E-state index < -0.39 is 0 Å². The highest BCUT2D eigenvalue weighted by molar-refractivity contribution is 6.21. The smallest absolute Gasteiger partial charge is 0.262 e. The number of ether oxygens (including phenoxy) is 4. The Bertz CT molecular complexity index is 2710. The van der Waals surface area contributed by atoms with Gasteiger partial charge in [0.2, 0.25) is 0 Å². The Balaban J connectivity index is 0.000000182. The molecule has 3 atom stereocenters. The number of hydrogen-bond acceptors (Lipinski definition) is 15. The van der Waals surface area contributed by atoms with Gasteiger partial charge in [0.05, 0.1) is 45.6 Å². The van der Waals surface area contributed by atoms with E-state index in [2.05, 4.69) is 31.5 Å². The minimum atomic E-state index is -0.241. The fourth-order valence-electron chi connectivity index (χ4n) is 9.38. The van der Waals surface area contributed by atoms with E-state index in [4.69, 9.17) is 36.1 Å². The lowest BCUT2D eigenvalue weighted by atomic mass is 10.0. The number of rotatable bonds is 11. The van der Waals surface area contributed by atoms with Crippen LogP contribution in [0.5, 0.6) is 23.0 Å². The number of nitrogens with one attached hydrogen (secondary N) is 2. The van der Waals surface area contributed by atoms with Crippen molar-refractivity contribution in [2.75, 3.05) is 46.5 Å². The molecule has 4 aliphatic rings. The Morgan fingerprint density at radius 3 is 1.75 bits per heavy atom. The molecule has 16 nitrogen and oxygen atoms in total. The van der Waals surface area contributed by atoms with Crippen LogP contribution >= 0.6 is 12.4 Å². The molecule has 0 spiro atoms. The van der Waals surface area contributed by atoms with Gasteiger partial charge in [0.25, 0.3) is 11.8 Å². The van der Waals surface area contributed by atoms with Crippen molar-refractivity contribution >= 4 is 35.9 Å². The number of carbonyl (C=O) groups is 2. The van der Waals surface area contributed by atoms with Gasteiger partial charge in [-0.25, -0.2) is 9.97 Å². The first kappa shape index (κ1) is 51.6. The first-order chi connectivity index (χ1) is 33.0. The lowest BCUT2D eigenvalue weighted by Gasteiger charge is -2.23. The molecule has 10 rings (SSSR count). The van der Waals surface area contributed by atoms with E-state index in [1.54, 1.807) is 72.1 Å². The van der Waals surface area contributed by atoms with Crippen LogP contribution in [0.1, 0.15) is 108 Å². The zero-order chi connectivity index (χ0) is 48.3. The van der Waals surface area contributed by atoms with Crippen LogP contribution < -0.4 is 52.7 Å². The van der Waals surface area contributed by atoms with Gasteiger partial charge in [-0.05, 0) is 146 Å². The van der Waals surface area contributed by atoms with Crippen molar-refractivity contribution in [3.05, 3.63) is 159 Å². The number of carbonyl (C=O) groups excluding carboxylic acids is 2. The van der Waals surface area contributed by atoms with Gasteiger partial charge < -0.3 is 41.5 Å². The lowest BCUT2D eigenvalue weighted by Crippen LogP contribution is -2.33. The van der Waals surface area contributed by atoms with Crippen LogP contribution in [0.3, 0.4) is 0 Å². The zero-order valence-corrected chi connectivity index (χ0v) is 40.6. The largest absolute Gasteiger partial charge is 0.497 e. The van der Waals surface area contributed by atoms with Gasteiger partial charge >= 0.3 is 0 Å². The molecule has 0 fully saturated rings. The maximum atomic E-state index is 13.0. The van der Waals surface area contributed by atoms with Crippen LogP contribution in [0.25, 0.3) is 0 Å². The number of hydrogen-bond donors (Lipinski definition) is 6. The monoisotopic (exact) mass is 958 g/mol. The standard InChI is InChI=1S/C26H24N2O4.C17H21N3O2.C8H11N3.CH6N2.ClH/c1-31-17-9-7-16(24(15-17)32-2)8-11-22-18-10-12-23(19(18)13-14-27-22)28-25(29)20-5-3-4-6-21(20)26(28)30;1-21-12-4-3-11(16(9-12)22-2)10-20-17-14-5-6-15(18)13(14)7-8-19-17;9-7-2-1-6-5(7)3-4-11-8(6)10;1-3-2;/h3-7,9,13-15,23H,8,10-12H2,1-2H3;3-4,7-9,15H,5-6,10,18H2,1-2H3,(H,19,20);3-4,7H,1-2,9H2,(H2,10,11);3H,2H2,1H3;1H. The SMILES string of the molecule is CNN.COc1ccc(CCc2nccc3c2CCC3N2C(=O)c3ccccc3C2=O)c(OC)c1.COc1ccc(CNc2nccc3c2CCC3N)c(OC)c1.Cl.Nc1nccc2c1CCC2N. The third kappa shape index (κ3) is 11.4. The van der Waals surface area contributed by atoms with Crippen LogP contribution in [-0.4, -0.2) is 67.2 Å². The minimum absolute atomic E-state index is 0. The molecule has 69 heavy (non-hydrogen) atoms. The van der Waals surface area contributed by atoms with E-state index in [1.807, 2.05) is 60.8 Å². The second kappa shape index (κ2) is 24.0. The molecular formula is C52H63ClN10O6. The highest BCUT2D eigenvalue weighted by Crippen LogP contribution is 2.41. The number of hydrazine groups is 1. The maximum Gasteiger partial charge on any atom is 0.262 e. The number of nitrogen functional groups attached to an aromatic ring is 1. The summed E-state index contributed by atoms with van der Waals surface area (Å²) in [7, 11) is 8.25. The maximum absolute atomic E-state index is 13.0. The van der Waals surface area contributed by atoms with Crippen molar-refractivity contribution in [1.82, 2.24) is 25.3 Å². The van der Waals surface area contributed by atoms with Crippen LogP contribution in [-0.2, 0) is 38.6 Å². The van der Waals surface area contributed by atoms with Crippen molar-refractivity contribution in [2.45, 2.75) is 76.0 Å². The highest BCUT2D eigenvalue weighted by atomic mass is 35.5. The molecule has 3 aromatic heterocycles. The summed E-state index contributed by atoms with van der Waals surface area (Å²) in [6, 6.07) is 24.7. The molecule has 3 aromatic carbocycles. The van der Waals surface area contributed by atoms with Crippen molar-refractivity contribution in [3.8, 4) is 23.0 Å². The van der Waals surface area contributed by atoms with E-state index >= 15 is 0 Å². The molecule has 0 saturated carbocycles. The summed E-state index contributed by atoms with van der Waals surface area (Å²) in [6.45, 7) is 0.645. The molecule has 0 radical (unpaired) electrons. The number of pyridine rings is 3. The fraction of sp³-hybridized carbons (Fsp3) is 0.327. The average molecular weight is 960 g/mol. The molecule has 0 saturated heterocycles. The highest BCUT2D eigenvalue weighted by Gasteiger charge is 2.43. The van der Waals surface area contributed by atoms with Gasteiger partial charge in [-0.3, -0.25) is 30.7 Å². The molecular weight excluding hydrogens is 896 g/mol. The number of fused-ring (bicyclic) bond motifs is 4. The first-order valence-corrected chi connectivity index (χ1v) is 22.7. The fourth-order valence-corrected chi connectivity index (χ4v) is 9.38. The van der Waals surface area contributed by atoms with Gasteiger partial charge in [-0.2, -0.15) is 0 Å². The number of aryl methyl sites for hydroxylation is 2. The second-order valence-corrected chi connectivity index (χ2v) is 16.7. The first-order valence-electron chi connectivity index (χ1n) is 22.7. The number of anilines is 2. The summed E-state index contributed by atoms with van der Waals surface area (Å²) in [5.74, 6) is 8.89. The van der Waals surface area contributed by atoms with E-state index in [0.29, 0.717) is 23.5 Å². The third-order valence-corrected chi connectivity index (χ3v) is 12.8. The molecule has 364 valence electrons. The quantitative estimate of drug-likeness (QED) is 0.0438. The van der Waals surface area contributed by atoms with E-state index in [-0.39, 0.29) is 42.3 Å². The Kier molecular flexibility index (Phi) is 17.9. The van der Waals surface area contributed by atoms with Crippen molar-refractivity contribution in [1.29, 1.82) is 0 Å². The predicted octanol–water partition coefficient (Wildman–Crippen LogP) is 6.94. The minimum Gasteiger partial charge on any atom is -0.497 e. The van der Waals surface area contributed by atoms with Crippen molar-refractivity contribution < 1.29 is 28.5 Å². The van der Waals surface area contributed by atoms with Crippen LogP contribution in [0.2, 0.25) is 0 Å². The lowest BCUT2D eigenvalue weighted by molar-refractivity contribution is 0.0582. The van der Waals surface area contributed by atoms with Crippen LogP contribution in [0.15, 0.2) is 97.5 Å². The number of methoxy groups -OCH3 is 4. The average Bonchev–Trinajstić information content (AvgIpc) is 4.14. The molecule has 3 aliphatic carbocycles. The Morgan fingerprint density at radius 1 is 0.638 bits per heavy atom. The predicted molar refractivity (Wildman–Crippen MR) is 270 cm³/mol. The van der Waals surface area contributed by atoms with Crippen LogP contribution in [0, 0.1) is 0 Å². The van der Waals surface area contributed by atoms with Crippen LogP contribution in [0.4, 0.5) is 11.6 Å². The normalized spacial score (nSPS) is 16.7. The van der Waals surface area contributed by atoms with Gasteiger partial charge in [-0.15, -0.1) is 12.4 Å². The Hall–Kier alpha value is -6.82. The number of imide groups is 1. The Labute approximate surface area is 409 Å². The van der Waals surface area contributed by atoms with Gasteiger partial charge in [0.1, 0.15) is 34.6 Å². The van der Waals surface area contributed by atoms with E-state index in [9.17, 15) is 9.59 Å². The molecule has 4 heterocycles. The molecule has 2 amide bonds. The number of aromatic nitrogens is 3. The number of amides is 2. The van der Waals surface area contributed by atoms with E-state index in [1.165, 1.54) is 21.6 Å². The molecule has 10 N–H and O–H groups in total. The van der Waals surface area contributed by atoms with E-state index in [0.717, 1.165) is 114 Å². The molecule has 3 unspecified atom stereocenters. The van der Waals surface area contributed by atoms with Gasteiger partial charge in [-0.1, -0.05) is 18.2 Å². The second-order valence-electron chi connectivity index (χ2n) is 16.7. The molecule has 0 bridgehead atoms. The number of nitrogens with two attached hydrogens (primary N) is 4. The van der Waals surface area contributed by atoms with Gasteiger partial charge in [0.15, 0.2) is 0 Å². The van der Waals surface area contributed by atoms with Gasteiger partial charge in [0, 0.05) is 60.6 Å².